The van der Waals surface area contributed by atoms with E-state index in [0.717, 1.165) is 0 Å². The third-order valence-electron chi connectivity index (χ3n) is 2.80. The molecule has 0 unspecified atom stereocenters. The Balaban J connectivity index is 1.64. The van der Waals surface area contributed by atoms with E-state index in [2.05, 4.69) is 10.6 Å². The maximum Gasteiger partial charge on any atom is 0.319 e. The molecule has 2 rings (SSSR count). The summed E-state index contributed by atoms with van der Waals surface area (Å²) in [4.78, 5) is 11.6. The van der Waals surface area contributed by atoms with Crippen LogP contribution in [0, 0.1) is 0 Å². The van der Waals surface area contributed by atoms with Crippen LogP contribution in [0.4, 0.5) is 10.5 Å². The van der Waals surface area contributed by atoms with Gasteiger partial charge in [0.2, 0.25) is 0 Å². The van der Waals surface area contributed by atoms with Crippen molar-refractivity contribution in [3.05, 3.63) is 53.6 Å². The standard InChI is InChI=1S/C16H17ClN2O3/c17-14-7-1-2-8-15(14)22-10-4-9-18-16(21)19-12-5-3-6-13(20)11-12/h1-3,5-8,11,20H,4,9-10H2,(H2,18,19,21). The molecule has 6 heteroatoms. The molecule has 2 aromatic carbocycles. The summed E-state index contributed by atoms with van der Waals surface area (Å²) in [5.74, 6) is 0.735. The van der Waals surface area contributed by atoms with E-state index < -0.39 is 0 Å². The Morgan fingerprint density at radius 3 is 2.77 bits per heavy atom. The zero-order valence-electron chi connectivity index (χ0n) is 11.9. The Labute approximate surface area is 133 Å². The molecule has 0 aromatic heterocycles. The summed E-state index contributed by atoms with van der Waals surface area (Å²) in [5, 5.41) is 15.2. The van der Waals surface area contributed by atoms with Gasteiger partial charge in [-0.2, -0.15) is 0 Å². The molecule has 2 amide bonds. The molecule has 0 bridgehead atoms. The highest BCUT2D eigenvalue weighted by molar-refractivity contribution is 6.32. The predicted octanol–water partition coefficient (Wildman–Crippen LogP) is 3.64. The first kappa shape index (κ1) is 16.0. The van der Waals surface area contributed by atoms with Gasteiger partial charge in [0.15, 0.2) is 0 Å². The van der Waals surface area contributed by atoms with Crippen LogP contribution in [0.25, 0.3) is 0 Å². The number of aromatic hydroxyl groups is 1. The van der Waals surface area contributed by atoms with Crippen molar-refractivity contribution in [1.82, 2.24) is 5.32 Å². The molecule has 0 aliphatic rings. The molecule has 2 aromatic rings. The normalized spacial score (nSPS) is 10.0. The molecule has 0 heterocycles. The van der Waals surface area contributed by atoms with Crippen LogP contribution in [0.1, 0.15) is 6.42 Å². The van der Waals surface area contributed by atoms with E-state index in [1.54, 1.807) is 24.3 Å². The van der Waals surface area contributed by atoms with Crippen molar-refractivity contribution in [2.45, 2.75) is 6.42 Å². The highest BCUT2D eigenvalue weighted by Crippen LogP contribution is 2.22. The number of rotatable bonds is 6. The molecule has 0 radical (unpaired) electrons. The van der Waals surface area contributed by atoms with Gasteiger partial charge in [-0.1, -0.05) is 29.8 Å². The number of carbonyl (C=O) groups excluding carboxylic acids is 1. The van der Waals surface area contributed by atoms with E-state index in [0.29, 0.717) is 36.0 Å². The van der Waals surface area contributed by atoms with Gasteiger partial charge >= 0.3 is 6.03 Å². The van der Waals surface area contributed by atoms with E-state index in [1.807, 2.05) is 12.1 Å². The topological polar surface area (TPSA) is 70.6 Å². The lowest BCUT2D eigenvalue weighted by molar-refractivity contribution is 0.250. The van der Waals surface area contributed by atoms with E-state index in [-0.39, 0.29) is 11.8 Å². The second-order valence-electron chi connectivity index (χ2n) is 4.56. The van der Waals surface area contributed by atoms with Gasteiger partial charge in [-0.3, -0.25) is 0 Å². The SMILES string of the molecule is O=C(NCCCOc1ccccc1Cl)Nc1cccc(O)c1. The van der Waals surface area contributed by atoms with Crippen LogP contribution < -0.4 is 15.4 Å². The van der Waals surface area contributed by atoms with Gasteiger partial charge in [0.1, 0.15) is 11.5 Å². The lowest BCUT2D eigenvalue weighted by Crippen LogP contribution is -2.30. The van der Waals surface area contributed by atoms with Gasteiger partial charge in [-0.15, -0.1) is 0 Å². The molecule has 5 nitrogen and oxygen atoms in total. The largest absolute Gasteiger partial charge is 0.508 e. The number of urea groups is 1. The minimum atomic E-state index is -0.330. The van der Waals surface area contributed by atoms with Gasteiger partial charge in [-0.25, -0.2) is 4.79 Å². The first-order valence-corrected chi connectivity index (χ1v) is 7.24. The number of phenolic OH excluding ortho intramolecular Hbond substituents is 1. The van der Waals surface area contributed by atoms with Crippen molar-refractivity contribution >= 4 is 23.3 Å². The maximum atomic E-state index is 11.6. The number of halogens is 1. The first-order chi connectivity index (χ1) is 10.6. The quantitative estimate of drug-likeness (QED) is 0.712. The lowest BCUT2D eigenvalue weighted by atomic mass is 10.3. The number of amides is 2. The number of hydrogen-bond acceptors (Lipinski definition) is 3. The fourth-order valence-corrected chi connectivity index (χ4v) is 1.97. The van der Waals surface area contributed by atoms with Crippen LogP contribution in [0.3, 0.4) is 0 Å². The van der Waals surface area contributed by atoms with Crippen LogP contribution in [-0.2, 0) is 0 Å². The van der Waals surface area contributed by atoms with Crippen molar-refractivity contribution in [1.29, 1.82) is 0 Å². The highest BCUT2D eigenvalue weighted by atomic mass is 35.5. The number of benzene rings is 2. The summed E-state index contributed by atoms with van der Waals surface area (Å²) in [6, 6.07) is 13.3. The van der Waals surface area contributed by atoms with Crippen molar-refractivity contribution in [3.8, 4) is 11.5 Å². The molecule has 0 aliphatic heterocycles. The van der Waals surface area contributed by atoms with E-state index >= 15 is 0 Å². The third-order valence-corrected chi connectivity index (χ3v) is 3.12. The summed E-state index contributed by atoms with van der Waals surface area (Å²) in [5.41, 5.74) is 0.532. The van der Waals surface area contributed by atoms with E-state index in [9.17, 15) is 9.90 Å². The molecule has 0 atom stereocenters. The first-order valence-electron chi connectivity index (χ1n) is 6.86. The Kier molecular flexibility index (Phi) is 5.91. The average Bonchev–Trinajstić information content (AvgIpc) is 2.48. The monoisotopic (exact) mass is 320 g/mol. The molecule has 0 saturated heterocycles. The number of phenols is 1. The van der Waals surface area contributed by atoms with Crippen molar-refractivity contribution in [2.24, 2.45) is 0 Å². The number of para-hydroxylation sites is 1. The molecule has 22 heavy (non-hydrogen) atoms. The molecular formula is C16H17ClN2O3. The number of hydrogen-bond donors (Lipinski definition) is 3. The molecule has 0 saturated carbocycles. The second kappa shape index (κ2) is 8.14. The summed E-state index contributed by atoms with van der Waals surface area (Å²) in [6.45, 7) is 0.922. The van der Waals surface area contributed by atoms with E-state index in [4.69, 9.17) is 16.3 Å². The van der Waals surface area contributed by atoms with Gasteiger partial charge in [0, 0.05) is 18.3 Å². The van der Waals surface area contributed by atoms with Crippen LogP contribution in [0.2, 0.25) is 5.02 Å². The van der Waals surface area contributed by atoms with Crippen LogP contribution >= 0.6 is 11.6 Å². The molecular weight excluding hydrogens is 304 g/mol. The molecule has 116 valence electrons. The molecule has 0 spiro atoms. The van der Waals surface area contributed by atoms with Crippen LogP contribution in [0.15, 0.2) is 48.5 Å². The Morgan fingerprint density at radius 2 is 2.00 bits per heavy atom. The Bertz CT molecular complexity index is 634. The minimum absolute atomic E-state index is 0.103. The fraction of sp³-hybridized carbons (Fsp3) is 0.188. The van der Waals surface area contributed by atoms with Gasteiger partial charge < -0.3 is 20.5 Å². The number of ether oxygens (including phenoxy) is 1. The minimum Gasteiger partial charge on any atom is -0.508 e. The summed E-state index contributed by atoms with van der Waals surface area (Å²) in [7, 11) is 0. The summed E-state index contributed by atoms with van der Waals surface area (Å²) >= 11 is 5.97. The van der Waals surface area contributed by atoms with Crippen molar-refractivity contribution in [2.75, 3.05) is 18.5 Å². The molecule has 0 fully saturated rings. The zero-order valence-corrected chi connectivity index (χ0v) is 12.6. The maximum absolute atomic E-state index is 11.6. The van der Waals surface area contributed by atoms with Gasteiger partial charge in [0.25, 0.3) is 0 Å². The van der Waals surface area contributed by atoms with E-state index in [1.165, 1.54) is 12.1 Å². The fourth-order valence-electron chi connectivity index (χ4n) is 1.78. The third kappa shape index (κ3) is 5.18. The van der Waals surface area contributed by atoms with Crippen molar-refractivity contribution < 1.29 is 14.6 Å². The van der Waals surface area contributed by atoms with Crippen molar-refractivity contribution in [3.63, 3.8) is 0 Å². The number of nitrogens with one attached hydrogen (secondary N) is 2. The number of anilines is 1. The van der Waals surface area contributed by atoms with Crippen LogP contribution in [0.5, 0.6) is 11.5 Å². The smallest absolute Gasteiger partial charge is 0.319 e. The summed E-state index contributed by atoms with van der Waals surface area (Å²) < 4.78 is 5.52. The Morgan fingerprint density at radius 1 is 1.18 bits per heavy atom. The second-order valence-corrected chi connectivity index (χ2v) is 4.97. The number of carbonyl (C=O) groups is 1. The molecule has 0 aliphatic carbocycles. The van der Waals surface area contributed by atoms with Gasteiger partial charge in [-0.05, 0) is 30.7 Å². The zero-order chi connectivity index (χ0) is 15.8. The predicted molar refractivity (Wildman–Crippen MR) is 86.7 cm³/mol. The Hall–Kier alpha value is -2.40. The van der Waals surface area contributed by atoms with Crippen LogP contribution in [-0.4, -0.2) is 24.3 Å². The lowest BCUT2D eigenvalue weighted by Gasteiger charge is -2.09. The highest BCUT2D eigenvalue weighted by Gasteiger charge is 2.02. The molecule has 3 N–H and O–H groups in total. The van der Waals surface area contributed by atoms with Gasteiger partial charge in [0.05, 0.1) is 11.6 Å². The average molecular weight is 321 g/mol. The summed E-state index contributed by atoms with van der Waals surface area (Å²) in [6.07, 6.45) is 0.651.